The van der Waals surface area contributed by atoms with Crippen LogP contribution in [-0.4, -0.2) is 44.4 Å². The van der Waals surface area contributed by atoms with Crippen LogP contribution in [0.5, 0.6) is 0 Å². The van der Waals surface area contributed by atoms with Crippen LogP contribution in [0.2, 0.25) is 0 Å². The minimum Gasteiger partial charge on any atom is -0.468 e. The van der Waals surface area contributed by atoms with E-state index in [0.29, 0.717) is 28.5 Å². The average molecular weight is 840 g/mol. The summed E-state index contributed by atoms with van der Waals surface area (Å²) >= 11 is 7.68. The third kappa shape index (κ3) is 14.8. The Kier molecular flexibility index (Phi) is 17.6. The maximum absolute atomic E-state index is 12.4. The van der Waals surface area contributed by atoms with Crippen molar-refractivity contribution in [1.82, 2.24) is 0 Å². The van der Waals surface area contributed by atoms with Gasteiger partial charge in [0.25, 0.3) is 0 Å². The molecule has 19 heteroatoms. The second kappa shape index (κ2) is 19.8. The molecule has 3 aromatic carbocycles. The van der Waals surface area contributed by atoms with Crippen LogP contribution in [0.3, 0.4) is 0 Å². The number of benzene rings is 3. The van der Waals surface area contributed by atoms with Crippen molar-refractivity contribution in [3.63, 3.8) is 0 Å². The molecule has 0 aliphatic rings. The molecular weight excluding hydrogens is 811 g/mol. The lowest BCUT2D eigenvalue weighted by atomic mass is 10.1. The first-order valence-corrected chi connectivity index (χ1v) is 16.0. The highest BCUT2D eigenvalue weighted by atomic mass is 79.9. The fourth-order valence-electron chi connectivity index (χ4n) is 3.55. The molecule has 280 valence electrons. The first-order chi connectivity index (χ1) is 23.5. The fraction of sp³-hybridized carbons (Fsp3) is 0.312. The molecule has 0 saturated carbocycles. The third-order valence-corrected chi connectivity index (χ3v) is 8.60. The van der Waals surface area contributed by atoms with E-state index in [1.807, 2.05) is 0 Å². The quantitative estimate of drug-likeness (QED) is 0.0828. The van der Waals surface area contributed by atoms with E-state index >= 15 is 0 Å². The van der Waals surface area contributed by atoms with Gasteiger partial charge in [0.2, 0.25) is 0 Å². The number of hydrogen-bond acceptors (Lipinski definition) is 9. The number of methoxy groups -OCH3 is 3. The highest BCUT2D eigenvalue weighted by Crippen LogP contribution is 2.35. The summed E-state index contributed by atoms with van der Waals surface area (Å²) in [7, 11) is 3.55. The standard InChI is InChI=1S/C12H11F3O3S.C10H8BrF3O2.C10H9F3O2S/c1-7(16)19-10(11(17)18-2)8-3-5-9(6-4-8)12(13,14)15;1-16-9(15)8(11)6-2-4-7(5-3-6)10(12,13)14;1-15-9(14)8(16)6-2-4-7(5-3-6)10(11,12)13/h3-6,10H,1-2H3;2-5,8H,1H3;2-5,8,16H,1H3. The van der Waals surface area contributed by atoms with Crippen molar-refractivity contribution < 1.29 is 72.9 Å². The summed E-state index contributed by atoms with van der Waals surface area (Å²) in [5.41, 5.74) is -1.25. The van der Waals surface area contributed by atoms with Gasteiger partial charge in [-0.2, -0.15) is 52.1 Å². The Morgan fingerprint density at radius 3 is 1.18 bits per heavy atom. The van der Waals surface area contributed by atoms with Crippen LogP contribution in [0.25, 0.3) is 0 Å². The number of carbonyl (C=O) groups is 4. The van der Waals surface area contributed by atoms with Crippen LogP contribution >= 0.6 is 40.3 Å². The van der Waals surface area contributed by atoms with Crippen molar-refractivity contribution in [2.45, 2.75) is 40.8 Å². The minimum atomic E-state index is -4.44. The van der Waals surface area contributed by atoms with Crippen molar-refractivity contribution in [2.75, 3.05) is 21.3 Å². The Hall–Kier alpha value is -3.71. The maximum atomic E-state index is 12.4. The molecule has 3 rings (SSSR count). The van der Waals surface area contributed by atoms with Crippen molar-refractivity contribution >= 4 is 63.3 Å². The molecule has 0 saturated heterocycles. The van der Waals surface area contributed by atoms with Crippen molar-refractivity contribution in [3.8, 4) is 0 Å². The monoisotopic (exact) mass is 838 g/mol. The van der Waals surface area contributed by atoms with E-state index in [-0.39, 0.29) is 5.12 Å². The second-order valence-corrected chi connectivity index (χ2v) is 12.4. The lowest BCUT2D eigenvalue weighted by Crippen LogP contribution is -2.13. The number of alkyl halides is 10. The Morgan fingerprint density at radius 2 is 0.882 bits per heavy atom. The van der Waals surface area contributed by atoms with Crippen LogP contribution < -0.4 is 0 Å². The summed E-state index contributed by atoms with van der Waals surface area (Å²) in [6.07, 6.45) is -13.2. The summed E-state index contributed by atoms with van der Waals surface area (Å²) in [5, 5.41) is -2.15. The zero-order valence-electron chi connectivity index (χ0n) is 26.7. The van der Waals surface area contributed by atoms with Crippen molar-refractivity contribution in [2.24, 2.45) is 0 Å². The van der Waals surface area contributed by atoms with Gasteiger partial charge in [0, 0.05) is 6.92 Å². The highest BCUT2D eigenvalue weighted by Gasteiger charge is 2.33. The van der Waals surface area contributed by atoms with Gasteiger partial charge in [-0.05, 0) is 53.1 Å². The number of rotatable bonds is 7. The second-order valence-electron chi connectivity index (χ2n) is 9.68. The third-order valence-electron chi connectivity index (χ3n) is 6.16. The molecule has 3 aromatic rings. The molecule has 0 spiro atoms. The zero-order valence-corrected chi connectivity index (χ0v) is 30.0. The molecule has 0 fully saturated rings. The largest absolute Gasteiger partial charge is 0.468 e. The lowest BCUT2D eigenvalue weighted by Gasteiger charge is -2.14. The first-order valence-electron chi connectivity index (χ1n) is 13.7. The zero-order chi connectivity index (χ0) is 39.3. The molecule has 0 bridgehead atoms. The molecule has 0 aromatic heterocycles. The predicted molar refractivity (Wildman–Crippen MR) is 175 cm³/mol. The van der Waals surface area contributed by atoms with Gasteiger partial charge in [-0.3, -0.25) is 19.2 Å². The lowest BCUT2D eigenvalue weighted by molar-refractivity contribution is -0.141. The summed E-state index contributed by atoms with van der Waals surface area (Å²) in [6.45, 7) is 1.27. The molecule has 3 atom stereocenters. The fourth-order valence-corrected chi connectivity index (χ4v) is 5.14. The molecule has 0 amide bonds. The number of thiol groups is 1. The molecule has 3 unspecified atom stereocenters. The van der Waals surface area contributed by atoms with Crippen molar-refractivity contribution in [3.05, 3.63) is 106 Å². The van der Waals surface area contributed by atoms with Gasteiger partial charge in [0.1, 0.15) is 15.3 Å². The van der Waals surface area contributed by atoms with Gasteiger partial charge in [-0.15, -0.1) is 0 Å². The Balaban J connectivity index is 0.000000385. The molecule has 7 nitrogen and oxygen atoms in total. The predicted octanol–water partition coefficient (Wildman–Crippen LogP) is 9.36. The van der Waals surface area contributed by atoms with Gasteiger partial charge in [0.05, 0.1) is 38.0 Å². The topological polar surface area (TPSA) is 96.0 Å². The average Bonchev–Trinajstić information content (AvgIpc) is 3.08. The van der Waals surface area contributed by atoms with Gasteiger partial charge in [-0.1, -0.05) is 64.1 Å². The Bertz CT molecular complexity index is 1520. The minimum absolute atomic E-state index is 0.292. The van der Waals surface area contributed by atoms with Crippen LogP contribution in [-0.2, 0) is 51.9 Å². The summed E-state index contributed by atoms with van der Waals surface area (Å²) in [5.74, 6) is -1.84. The van der Waals surface area contributed by atoms with E-state index in [1.54, 1.807) is 0 Å². The molecule has 0 N–H and O–H groups in total. The maximum Gasteiger partial charge on any atom is 0.416 e. The van der Waals surface area contributed by atoms with Crippen molar-refractivity contribution in [1.29, 1.82) is 0 Å². The summed E-state index contributed by atoms with van der Waals surface area (Å²) in [4.78, 5) is 44.0. The molecular formula is C32H28BrF9O7S2. The molecule has 0 heterocycles. The van der Waals surface area contributed by atoms with Gasteiger partial charge in [0.15, 0.2) is 5.12 Å². The molecule has 51 heavy (non-hydrogen) atoms. The van der Waals surface area contributed by atoms with Gasteiger partial charge < -0.3 is 14.2 Å². The highest BCUT2D eigenvalue weighted by molar-refractivity contribution is 9.09. The van der Waals surface area contributed by atoms with Crippen LogP contribution in [0.4, 0.5) is 39.5 Å². The number of carbonyl (C=O) groups excluding carboxylic acids is 4. The Labute approximate surface area is 303 Å². The Morgan fingerprint density at radius 1 is 0.569 bits per heavy atom. The number of thioether (sulfide) groups is 1. The normalized spacial score (nSPS) is 13.2. The SMILES string of the molecule is COC(=O)C(Br)c1ccc(C(F)(F)F)cc1.COC(=O)C(S)c1ccc(C(F)(F)F)cc1.COC(=O)C(SC(C)=O)c1ccc(C(F)(F)F)cc1. The van der Waals surface area contributed by atoms with E-state index in [1.165, 1.54) is 57.5 Å². The number of halogens is 10. The number of hydrogen-bond donors (Lipinski definition) is 1. The van der Waals surface area contributed by atoms with Gasteiger partial charge >= 0.3 is 36.4 Å². The van der Waals surface area contributed by atoms with E-state index in [4.69, 9.17) is 0 Å². The van der Waals surface area contributed by atoms with E-state index in [9.17, 15) is 58.7 Å². The van der Waals surface area contributed by atoms with E-state index in [0.717, 1.165) is 43.5 Å². The van der Waals surface area contributed by atoms with E-state index < -0.39 is 68.5 Å². The summed E-state index contributed by atoms with van der Waals surface area (Å²) in [6, 6.07) is 12.6. The smallest absolute Gasteiger partial charge is 0.416 e. The summed E-state index contributed by atoms with van der Waals surface area (Å²) < 4.78 is 124. The van der Waals surface area contributed by atoms with Crippen LogP contribution in [0.1, 0.15) is 55.6 Å². The number of ether oxygens (including phenoxy) is 3. The molecule has 0 aliphatic carbocycles. The van der Waals surface area contributed by atoms with E-state index in [2.05, 4.69) is 42.8 Å². The molecule has 0 radical (unpaired) electrons. The number of esters is 3. The van der Waals surface area contributed by atoms with Crippen LogP contribution in [0.15, 0.2) is 72.8 Å². The molecule has 0 aliphatic heterocycles. The van der Waals surface area contributed by atoms with Gasteiger partial charge in [-0.25, -0.2) is 0 Å². The van der Waals surface area contributed by atoms with Crippen LogP contribution in [0, 0.1) is 0 Å². The first kappa shape index (κ1) is 45.3.